The number of nitrogens with one attached hydrogen (secondary N) is 1. The summed E-state index contributed by atoms with van der Waals surface area (Å²) in [6.07, 6.45) is 2.88. The molecule has 4 heteroatoms. The predicted molar refractivity (Wildman–Crippen MR) is 86.0 cm³/mol. The van der Waals surface area contributed by atoms with Crippen molar-refractivity contribution in [2.45, 2.75) is 25.9 Å². The molecule has 0 amide bonds. The molecule has 0 radical (unpaired) electrons. The maximum Gasteiger partial charge on any atom is 0.0542 e. The second-order valence-electron chi connectivity index (χ2n) is 4.36. The van der Waals surface area contributed by atoms with Crippen LogP contribution in [0.25, 0.3) is 0 Å². The maximum absolute atomic E-state index is 4.38. The van der Waals surface area contributed by atoms with Crippen LogP contribution in [0.5, 0.6) is 0 Å². The highest BCUT2D eigenvalue weighted by atomic mass is 79.9. The van der Waals surface area contributed by atoms with Gasteiger partial charge in [-0.3, -0.25) is 4.98 Å². The summed E-state index contributed by atoms with van der Waals surface area (Å²) in [4.78, 5) is 4.38. The fourth-order valence-corrected chi connectivity index (χ4v) is 2.43. The Kier molecular flexibility index (Phi) is 5.55. The third-order valence-electron chi connectivity index (χ3n) is 3.00. The molecule has 0 spiro atoms. The van der Waals surface area contributed by atoms with E-state index >= 15 is 0 Å². The summed E-state index contributed by atoms with van der Waals surface area (Å²) in [6, 6.07) is 12.9. The van der Waals surface area contributed by atoms with Gasteiger partial charge < -0.3 is 5.32 Å². The van der Waals surface area contributed by atoms with Gasteiger partial charge in [-0.2, -0.15) is 0 Å². The van der Waals surface area contributed by atoms with Crippen LogP contribution in [0, 0.1) is 0 Å². The van der Waals surface area contributed by atoms with Crippen molar-refractivity contribution in [1.29, 1.82) is 0 Å². The van der Waals surface area contributed by atoms with Crippen LogP contribution in [-0.2, 0) is 6.54 Å². The fourth-order valence-electron chi connectivity index (χ4n) is 1.93. The number of hydrogen-bond donors (Lipinski definition) is 1. The number of nitrogens with zero attached hydrogens (tertiary/aromatic N) is 1. The Balaban J connectivity index is 1.99. The van der Waals surface area contributed by atoms with Crippen LogP contribution in [0.2, 0.25) is 0 Å². The highest BCUT2D eigenvalue weighted by molar-refractivity contribution is 9.10. The topological polar surface area (TPSA) is 24.9 Å². The van der Waals surface area contributed by atoms with E-state index in [1.54, 1.807) is 0 Å². The van der Waals surface area contributed by atoms with Gasteiger partial charge in [-0.1, -0.05) is 35.0 Å². The second kappa shape index (κ2) is 7.17. The van der Waals surface area contributed by atoms with Crippen molar-refractivity contribution in [3.05, 3.63) is 62.8 Å². The summed E-state index contributed by atoms with van der Waals surface area (Å²) in [6.45, 7) is 2.97. The summed E-state index contributed by atoms with van der Waals surface area (Å²) in [7, 11) is 0. The molecular weight excluding hydrogens is 368 g/mol. The van der Waals surface area contributed by atoms with Crippen molar-refractivity contribution in [1.82, 2.24) is 10.3 Å². The molecule has 2 rings (SSSR count). The Morgan fingerprint density at radius 1 is 1.05 bits per heavy atom. The molecule has 0 fully saturated rings. The third kappa shape index (κ3) is 4.41. The molecule has 19 heavy (non-hydrogen) atoms. The molecule has 2 nitrogen and oxygen atoms in total. The molecule has 1 aromatic heterocycles. The van der Waals surface area contributed by atoms with E-state index in [0.717, 1.165) is 27.6 Å². The second-order valence-corrected chi connectivity index (χ2v) is 6.19. The molecule has 0 aliphatic heterocycles. The largest absolute Gasteiger partial charge is 0.304 e. The average Bonchev–Trinajstić information content (AvgIpc) is 2.43. The van der Waals surface area contributed by atoms with Crippen LogP contribution in [0.15, 0.2) is 51.5 Å². The monoisotopic (exact) mass is 382 g/mol. The molecule has 0 aliphatic rings. The van der Waals surface area contributed by atoms with Gasteiger partial charge in [-0.15, -0.1) is 0 Å². The molecule has 0 saturated carbocycles. The van der Waals surface area contributed by atoms with E-state index in [4.69, 9.17) is 0 Å². The molecule has 1 atom stereocenters. The van der Waals surface area contributed by atoms with Crippen molar-refractivity contribution in [3.63, 3.8) is 0 Å². The van der Waals surface area contributed by atoms with Crippen LogP contribution >= 0.6 is 31.9 Å². The summed E-state index contributed by atoms with van der Waals surface area (Å²) >= 11 is 6.86. The SMILES string of the molecule is CCC(NCc1ccc(Br)cn1)c1ccc(Br)cc1. The number of rotatable bonds is 5. The lowest BCUT2D eigenvalue weighted by atomic mass is 10.0. The molecule has 1 unspecified atom stereocenters. The summed E-state index contributed by atoms with van der Waals surface area (Å²) in [5.41, 5.74) is 2.36. The zero-order chi connectivity index (χ0) is 13.7. The minimum absolute atomic E-state index is 0.360. The van der Waals surface area contributed by atoms with E-state index in [9.17, 15) is 0 Å². The average molecular weight is 384 g/mol. The van der Waals surface area contributed by atoms with Crippen molar-refractivity contribution in [3.8, 4) is 0 Å². The molecule has 1 N–H and O–H groups in total. The summed E-state index contributed by atoms with van der Waals surface area (Å²) in [5, 5.41) is 3.55. The summed E-state index contributed by atoms with van der Waals surface area (Å²) < 4.78 is 2.12. The summed E-state index contributed by atoms with van der Waals surface area (Å²) in [5.74, 6) is 0. The number of aromatic nitrogens is 1. The van der Waals surface area contributed by atoms with E-state index in [2.05, 4.69) is 73.3 Å². The van der Waals surface area contributed by atoms with Gasteiger partial charge in [0.1, 0.15) is 0 Å². The first-order valence-corrected chi connectivity index (χ1v) is 7.87. The molecule has 2 aromatic rings. The van der Waals surface area contributed by atoms with Crippen molar-refractivity contribution >= 4 is 31.9 Å². The van der Waals surface area contributed by atoms with Gasteiger partial charge in [0.05, 0.1) is 5.69 Å². The Labute approximate surface area is 130 Å². The van der Waals surface area contributed by atoms with Crippen LogP contribution < -0.4 is 5.32 Å². The molecule has 1 aromatic carbocycles. The minimum Gasteiger partial charge on any atom is -0.304 e. The normalized spacial score (nSPS) is 12.4. The van der Waals surface area contributed by atoms with Gasteiger partial charge in [0.25, 0.3) is 0 Å². The maximum atomic E-state index is 4.38. The van der Waals surface area contributed by atoms with Crippen LogP contribution in [0.4, 0.5) is 0 Å². The Hall–Kier alpha value is -0.710. The molecular formula is C15H16Br2N2. The smallest absolute Gasteiger partial charge is 0.0542 e. The number of benzene rings is 1. The van der Waals surface area contributed by atoms with Crippen LogP contribution in [-0.4, -0.2) is 4.98 Å². The molecule has 0 bridgehead atoms. The lowest BCUT2D eigenvalue weighted by molar-refractivity contribution is 0.514. The molecule has 0 aliphatic carbocycles. The van der Waals surface area contributed by atoms with Crippen molar-refractivity contribution in [2.24, 2.45) is 0 Å². The third-order valence-corrected chi connectivity index (χ3v) is 4.00. The fraction of sp³-hybridized carbons (Fsp3) is 0.267. The van der Waals surface area contributed by atoms with Crippen LogP contribution in [0.3, 0.4) is 0 Å². The lowest BCUT2D eigenvalue weighted by Crippen LogP contribution is -2.20. The Morgan fingerprint density at radius 3 is 2.32 bits per heavy atom. The van der Waals surface area contributed by atoms with Gasteiger partial charge in [0.2, 0.25) is 0 Å². The van der Waals surface area contributed by atoms with Gasteiger partial charge >= 0.3 is 0 Å². The molecule has 0 saturated heterocycles. The molecule has 1 heterocycles. The van der Waals surface area contributed by atoms with Crippen molar-refractivity contribution < 1.29 is 0 Å². The van der Waals surface area contributed by atoms with E-state index in [1.807, 2.05) is 18.3 Å². The first-order valence-electron chi connectivity index (χ1n) is 6.28. The first kappa shape index (κ1) is 14.7. The zero-order valence-corrected chi connectivity index (χ0v) is 13.9. The van der Waals surface area contributed by atoms with Crippen LogP contribution in [0.1, 0.15) is 30.6 Å². The number of halogens is 2. The van der Waals surface area contributed by atoms with Crippen molar-refractivity contribution in [2.75, 3.05) is 0 Å². The highest BCUT2D eigenvalue weighted by Gasteiger charge is 2.08. The van der Waals surface area contributed by atoms with Gasteiger partial charge in [0, 0.05) is 27.7 Å². The minimum atomic E-state index is 0.360. The predicted octanol–water partition coefficient (Wildman–Crippen LogP) is 4.85. The Morgan fingerprint density at radius 2 is 1.74 bits per heavy atom. The number of hydrogen-bond acceptors (Lipinski definition) is 2. The van der Waals surface area contributed by atoms with E-state index in [0.29, 0.717) is 6.04 Å². The van der Waals surface area contributed by atoms with Gasteiger partial charge in [-0.25, -0.2) is 0 Å². The number of pyridine rings is 1. The Bertz CT molecular complexity index is 509. The first-order chi connectivity index (χ1) is 9.19. The standard InChI is InChI=1S/C15H16Br2N2/c1-2-15(11-3-5-12(16)6-4-11)19-10-14-8-7-13(17)9-18-14/h3-9,15,19H,2,10H2,1H3. The van der Waals surface area contributed by atoms with E-state index in [-0.39, 0.29) is 0 Å². The van der Waals surface area contributed by atoms with Gasteiger partial charge in [0.15, 0.2) is 0 Å². The quantitative estimate of drug-likeness (QED) is 0.798. The lowest BCUT2D eigenvalue weighted by Gasteiger charge is -2.17. The highest BCUT2D eigenvalue weighted by Crippen LogP contribution is 2.20. The zero-order valence-electron chi connectivity index (χ0n) is 10.7. The van der Waals surface area contributed by atoms with E-state index in [1.165, 1.54) is 5.56 Å². The van der Waals surface area contributed by atoms with E-state index < -0.39 is 0 Å². The molecule has 100 valence electrons. The van der Waals surface area contributed by atoms with Gasteiger partial charge in [-0.05, 0) is 52.2 Å².